The van der Waals surface area contributed by atoms with Crippen LogP contribution in [0.2, 0.25) is 0 Å². The normalized spacial score (nSPS) is 15.0. The highest BCUT2D eigenvalue weighted by Gasteiger charge is 2.26. The smallest absolute Gasteiger partial charge is 0.410 e. The minimum atomic E-state index is -0.481. The highest BCUT2D eigenvalue weighted by atomic mass is 127. The Morgan fingerprint density at radius 1 is 1.17 bits per heavy atom. The highest BCUT2D eigenvalue weighted by Crippen LogP contribution is 2.23. The number of benzene rings is 1. The van der Waals surface area contributed by atoms with E-state index in [1.807, 2.05) is 43.9 Å². The lowest BCUT2D eigenvalue weighted by Crippen LogP contribution is -2.53. The van der Waals surface area contributed by atoms with Crippen LogP contribution in [0.25, 0.3) is 10.6 Å². The van der Waals surface area contributed by atoms with Gasteiger partial charge >= 0.3 is 6.09 Å². The number of aromatic nitrogens is 1. The molecule has 0 spiro atoms. The van der Waals surface area contributed by atoms with E-state index in [1.165, 1.54) is 0 Å². The molecule has 7 nitrogen and oxygen atoms in total. The van der Waals surface area contributed by atoms with Gasteiger partial charge < -0.3 is 20.3 Å². The van der Waals surface area contributed by atoms with Crippen molar-refractivity contribution in [3.63, 3.8) is 0 Å². The molecule has 1 aromatic heterocycles. The van der Waals surface area contributed by atoms with Gasteiger partial charge in [0.25, 0.3) is 0 Å². The highest BCUT2D eigenvalue weighted by molar-refractivity contribution is 14.0. The van der Waals surface area contributed by atoms with Crippen molar-refractivity contribution in [3.8, 4) is 10.6 Å². The number of nitrogens with zero attached hydrogens (tertiary/aromatic N) is 4. The molecule has 0 unspecified atom stereocenters. The van der Waals surface area contributed by atoms with Crippen molar-refractivity contribution in [2.24, 2.45) is 10.7 Å². The summed E-state index contributed by atoms with van der Waals surface area (Å²) in [7, 11) is 0. The molecule has 0 aliphatic carbocycles. The molecule has 30 heavy (non-hydrogen) atoms. The van der Waals surface area contributed by atoms with E-state index in [9.17, 15) is 4.79 Å². The van der Waals surface area contributed by atoms with E-state index in [0.29, 0.717) is 38.7 Å². The number of hydrogen-bond donors (Lipinski definition) is 1. The van der Waals surface area contributed by atoms with Gasteiger partial charge in [0.2, 0.25) is 0 Å². The second-order valence-electron chi connectivity index (χ2n) is 7.95. The molecular formula is C21H30IN5O2S. The summed E-state index contributed by atoms with van der Waals surface area (Å²) >= 11 is 1.65. The van der Waals surface area contributed by atoms with Gasteiger partial charge in [0, 0.05) is 50.1 Å². The van der Waals surface area contributed by atoms with Gasteiger partial charge in [-0.05, 0) is 20.8 Å². The van der Waals surface area contributed by atoms with E-state index in [2.05, 4.69) is 27.5 Å². The van der Waals surface area contributed by atoms with Crippen LogP contribution in [-0.4, -0.2) is 65.2 Å². The number of thiazole rings is 1. The Morgan fingerprint density at radius 2 is 1.80 bits per heavy atom. The maximum absolute atomic E-state index is 12.1. The van der Waals surface area contributed by atoms with E-state index >= 15 is 0 Å². The quantitative estimate of drug-likeness (QED) is 0.360. The molecule has 0 saturated carbocycles. The lowest BCUT2D eigenvalue weighted by Gasteiger charge is -2.36. The van der Waals surface area contributed by atoms with Crippen LogP contribution < -0.4 is 5.73 Å². The second kappa shape index (κ2) is 10.9. The number of nitrogens with two attached hydrogens (primary N) is 1. The summed E-state index contributed by atoms with van der Waals surface area (Å²) in [6.07, 6.45) is 0.479. The van der Waals surface area contributed by atoms with Crippen molar-refractivity contribution in [1.29, 1.82) is 0 Å². The molecule has 2 N–H and O–H groups in total. The predicted octanol–water partition coefficient (Wildman–Crippen LogP) is 3.84. The van der Waals surface area contributed by atoms with Crippen molar-refractivity contribution in [2.75, 3.05) is 32.7 Å². The number of halogens is 1. The van der Waals surface area contributed by atoms with Crippen molar-refractivity contribution in [3.05, 3.63) is 41.4 Å². The van der Waals surface area contributed by atoms with E-state index < -0.39 is 5.60 Å². The van der Waals surface area contributed by atoms with Crippen molar-refractivity contribution >= 4 is 47.4 Å². The molecule has 1 aromatic carbocycles. The lowest BCUT2D eigenvalue weighted by atomic mass is 10.2. The molecule has 1 aliphatic heterocycles. The molecular weight excluding hydrogens is 513 g/mol. The van der Waals surface area contributed by atoms with Gasteiger partial charge in [0.1, 0.15) is 10.6 Å². The fraction of sp³-hybridized carbons (Fsp3) is 0.476. The summed E-state index contributed by atoms with van der Waals surface area (Å²) in [5.74, 6) is 0.521. The summed E-state index contributed by atoms with van der Waals surface area (Å²) < 4.78 is 5.42. The Bertz CT molecular complexity index is 843. The molecule has 0 atom stereocenters. The first-order valence-electron chi connectivity index (χ1n) is 9.84. The number of ether oxygens (including phenoxy) is 1. The largest absolute Gasteiger partial charge is 0.444 e. The zero-order valence-electron chi connectivity index (χ0n) is 17.7. The molecule has 164 valence electrons. The number of rotatable bonds is 4. The third kappa shape index (κ3) is 7.12. The average molecular weight is 543 g/mol. The molecule has 9 heteroatoms. The van der Waals surface area contributed by atoms with E-state index in [1.54, 1.807) is 16.2 Å². The van der Waals surface area contributed by atoms with Gasteiger partial charge in [-0.3, -0.25) is 4.99 Å². The van der Waals surface area contributed by atoms with Gasteiger partial charge in [-0.1, -0.05) is 30.3 Å². The van der Waals surface area contributed by atoms with Gasteiger partial charge in [-0.15, -0.1) is 35.3 Å². The average Bonchev–Trinajstić information content (AvgIpc) is 3.16. The molecule has 3 rings (SSSR count). The van der Waals surface area contributed by atoms with Gasteiger partial charge in [-0.25, -0.2) is 9.78 Å². The summed E-state index contributed by atoms with van der Waals surface area (Å²) in [6, 6.07) is 10.2. The minimum Gasteiger partial charge on any atom is -0.444 e. The Morgan fingerprint density at radius 3 is 2.43 bits per heavy atom. The van der Waals surface area contributed by atoms with Crippen LogP contribution in [0.1, 0.15) is 26.5 Å². The van der Waals surface area contributed by atoms with Crippen LogP contribution in [-0.2, 0) is 11.2 Å². The van der Waals surface area contributed by atoms with Gasteiger partial charge in [0.15, 0.2) is 5.96 Å². The first-order chi connectivity index (χ1) is 13.8. The zero-order chi connectivity index (χ0) is 20.9. The molecule has 0 bridgehead atoms. The summed E-state index contributed by atoms with van der Waals surface area (Å²) in [4.78, 5) is 25.1. The minimum absolute atomic E-state index is 0. The maximum atomic E-state index is 12.1. The van der Waals surface area contributed by atoms with Crippen LogP contribution in [0.5, 0.6) is 0 Å². The maximum Gasteiger partial charge on any atom is 0.410 e. The van der Waals surface area contributed by atoms with Crippen LogP contribution in [0.3, 0.4) is 0 Å². The van der Waals surface area contributed by atoms with E-state index in [4.69, 9.17) is 10.5 Å². The molecule has 2 heterocycles. The Labute approximate surface area is 199 Å². The van der Waals surface area contributed by atoms with Crippen LogP contribution in [0, 0.1) is 0 Å². The Hall–Kier alpha value is -1.88. The number of hydrogen-bond acceptors (Lipinski definition) is 5. The monoisotopic (exact) mass is 543 g/mol. The van der Waals surface area contributed by atoms with Gasteiger partial charge in [-0.2, -0.15) is 0 Å². The molecule has 1 saturated heterocycles. The SMILES string of the molecule is CC(C)(C)OC(=O)N1CCN(C(N)=NCCc2csc(-c3ccccc3)n2)CC1.I. The fourth-order valence-electron chi connectivity index (χ4n) is 2.96. The van der Waals surface area contributed by atoms with Crippen molar-refractivity contribution < 1.29 is 9.53 Å². The number of aliphatic imine (C=N–C) groups is 1. The topological polar surface area (TPSA) is 84.0 Å². The second-order valence-corrected chi connectivity index (χ2v) is 8.81. The molecule has 1 fully saturated rings. The van der Waals surface area contributed by atoms with Crippen molar-refractivity contribution in [2.45, 2.75) is 32.8 Å². The summed E-state index contributed by atoms with van der Waals surface area (Å²) in [5, 5.41) is 3.10. The summed E-state index contributed by atoms with van der Waals surface area (Å²) in [5.41, 5.74) is 7.84. The molecule has 2 aromatic rings. The summed E-state index contributed by atoms with van der Waals surface area (Å²) in [6.45, 7) is 8.68. The molecule has 0 radical (unpaired) electrons. The zero-order valence-corrected chi connectivity index (χ0v) is 20.9. The third-order valence-corrected chi connectivity index (χ3v) is 5.41. The predicted molar refractivity (Wildman–Crippen MR) is 133 cm³/mol. The number of carbonyl (C=O) groups is 1. The van der Waals surface area contributed by atoms with E-state index in [-0.39, 0.29) is 30.1 Å². The standard InChI is InChI=1S/C21H29N5O2S.HI/c1-21(2,3)28-20(27)26-13-11-25(12-14-26)19(22)23-10-9-17-15-29-18(24-17)16-7-5-4-6-8-16;/h4-8,15H,9-14H2,1-3H3,(H2,22,23);1H. The molecule has 1 amide bonds. The van der Waals surface area contributed by atoms with Crippen LogP contribution >= 0.6 is 35.3 Å². The lowest BCUT2D eigenvalue weighted by molar-refractivity contribution is 0.0186. The fourth-order valence-corrected chi connectivity index (χ4v) is 3.83. The van der Waals surface area contributed by atoms with Crippen LogP contribution in [0.15, 0.2) is 40.7 Å². The third-order valence-electron chi connectivity index (χ3n) is 4.47. The Balaban J connectivity index is 0.00000320. The van der Waals surface area contributed by atoms with Crippen LogP contribution in [0.4, 0.5) is 4.79 Å². The number of carbonyl (C=O) groups excluding carboxylic acids is 1. The first kappa shape index (κ1) is 24.4. The van der Waals surface area contributed by atoms with Crippen molar-refractivity contribution in [1.82, 2.24) is 14.8 Å². The van der Waals surface area contributed by atoms with E-state index in [0.717, 1.165) is 22.7 Å². The number of guanidine groups is 1. The van der Waals surface area contributed by atoms with Gasteiger partial charge in [0.05, 0.1) is 5.69 Å². The molecule has 1 aliphatic rings. The first-order valence-corrected chi connectivity index (χ1v) is 10.7. The number of piperazine rings is 1. The number of amides is 1. The Kier molecular flexibility index (Phi) is 8.90.